The maximum Gasteiger partial charge on any atom is 0.183 e. The van der Waals surface area contributed by atoms with E-state index in [0.717, 1.165) is 5.56 Å². The lowest BCUT2D eigenvalue weighted by Crippen LogP contribution is -2.36. The van der Waals surface area contributed by atoms with Crippen LogP contribution in [0.3, 0.4) is 0 Å². The second-order valence-corrected chi connectivity index (χ2v) is 5.32. The molecule has 0 aliphatic carbocycles. The zero-order valence-electron chi connectivity index (χ0n) is 12.4. The Balaban J connectivity index is 2.56. The van der Waals surface area contributed by atoms with Crippen LogP contribution in [0, 0.1) is 6.92 Å². The Morgan fingerprint density at radius 2 is 2.00 bits per heavy atom. The van der Waals surface area contributed by atoms with Crippen molar-refractivity contribution in [3.05, 3.63) is 45.7 Å². The van der Waals surface area contributed by atoms with Crippen LogP contribution in [0.1, 0.15) is 19.5 Å². The van der Waals surface area contributed by atoms with E-state index in [2.05, 4.69) is 15.2 Å². The highest BCUT2D eigenvalue weighted by Gasteiger charge is 2.15. The number of rotatable bonds is 1. The molecule has 112 valence electrons. The lowest BCUT2D eigenvalue weighted by Gasteiger charge is -2.05. The molecule has 0 amide bonds. The molecule has 4 nitrogen and oxygen atoms in total. The zero-order chi connectivity index (χ0) is 15.9. The van der Waals surface area contributed by atoms with E-state index in [9.17, 15) is 4.39 Å². The Bertz CT molecular complexity index is 987. The van der Waals surface area contributed by atoms with Gasteiger partial charge in [0.2, 0.25) is 0 Å². The van der Waals surface area contributed by atoms with E-state index in [0.29, 0.717) is 32.9 Å². The van der Waals surface area contributed by atoms with Gasteiger partial charge in [-0.3, -0.25) is 4.40 Å². The predicted molar refractivity (Wildman–Crippen MR) is 85.5 cm³/mol. The monoisotopic (exact) mass is 316 g/mol. The molecule has 0 aliphatic rings. The molecule has 2 aromatic heterocycles. The Morgan fingerprint density at radius 3 is 2.64 bits per heavy atom. The number of halogens is 2. The van der Waals surface area contributed by atoms with Crippen molar-refractivity contribution in [2.24, 2.45) is 0 Å². The van der Waals surface area contributed by atoms with Gasteiger partial charge in [0, 0.05) is 5.56 Å². The van der Waals surface area contributed by atoms with Crippen molar-refractivity contribution in [1.29, 1.82) is 0 Å². The van der Waals surface area contributed by atoms with Gasteiger partial charge >= 0.3 is 0 Å². The summed E-state index contributed by atoms with van der Waals surface area (Å²) in [5, 5.41) is 9.89. The highest BCUT2D eigenvalue weighted by atomic mass is 35.5. The first-order chi connectivity index (χ1) is 10.5. The van der Waals surface area contributed by atoms with Gasteiger partial charge in [-0.1, -0.05) is 29.8 Å². The smallest absolute Gasteiger partial charge is 0.183 e. The van der Waals surface area contributed by atoms with Crippen molar-refractivity contribution < 1.29 is 4.39 Å². The van der Waals surface area contributed by atoms with Crippen LogP contribution in [0.15, 0.2) is 24.3 Å². The minimum Gasteiger partial charge on any atom is -0.272 e. The maximum absolute atomic E-state index is 13.9. The molecule has 0 saturated heterocycles. The Morgan fingerprint density at radius 1 is 1.27 bits per heavy atom. The summed E-state index contributed by atoms with van der Waals surface area (Å²) in [7, 11) is 0. The fraction of sp³-hybridized carbons (Fsp3) is 0.188. The summed E-state index contributed by atoms with van der Waals surface area (Å²) in [6.07, 6.45) is 1.79. The molecule has 3 aromatic rings. The molecule has 0 unspecified atom stereocenters. The van der Waals surface area contributed by atoms with Crippen molar-refractivity contribution >= 4 is 29.2 Å². The van der Waals surface area contributed by atoms with E-state index in [4.69, 9.17) is 11.6 Å². The van der Waals surface area contributed by atoms with Gasteiger partial charge in [0.1, 0.15) is 11.2 Å². The van der Waals surface area contributed by atoms with Crippen LogP contribution in [0.4, 0.5) is 4.39 Å². The summed E-state index contributed by atoms with van der Waals surface area (Å²) in [6.45, 7) is 5.00. The van der Waals surface area contributed by atoms with Crippen molar-refractivity contribution in [2.75, 3.05) is 0 Å². The van der Waals surface area contributed by atoms with Gasteiger partial charge in [-0.15, -0.1) is 10.2 Å². The first kappa shape index (κ1) is 14.7. The standard InChI is InChI=1S/C16H14ClFN4/c1-4-13-14(9(2)18)19-10(3)15-20-21-16(22(13)15)11-7-5-6-8-12(11)17/h4-8H,1-3H3. The molecule has 6 heteroatoms. The molecule has 1 aromatic carbocycles. The van der Waals surface area contributed by atoms with Crippen molar-refractivity contribution in [1.82, 2.24) is 19.6 Å². The van der Waals surface area contributed by atoms with Gasteiger partial charge in [-0.2, -0.15) is 0 Å². The van der Waals surface area contributed by atoms with Gasteiger partial charge in [0.15, 0.2) is 11.5 Å². The molecular formula is C16H14ClFN4. The van der Waals surface area contributed by atoms with Crippen molar-refractivity contribution in [3.8, 4) is 11.4 Å². The fourth-order valence-electron chi connectivity index (χ4n) is 2.46. The first-order valence-electron chi connectivity index (χ1n) is 6.84. The van der Waals surface area contributed by atoms with E-state index < -0.39 is 0 Å². The minimum absolute atomic E-state index is 0.292. The normalized spacial score (nSPS) is 13.8. The molecule has 3 rings (SSSR count). The van der Waals surface area contributed by atoms with Gasteiger partial charge < -0.3 is 0 Å². The maximum atomic E-state index is 13.9. The van der Waals surface area contributed by atoms with Gasteiger partial charge in [0.05, 0.1) is 16.1 Å². The lowest BCUT2D eigenvalue weighted by atomic mass is 10.2. The molecule has 0 bridgehead atoms. The van der Waals surface area contributed by atoms with Crippen LogP contribution in [0.25, 0.3) is 28.9 Å². The molecule has 0 saturated carbocycles. The molecule has 0 atom stereocenters. The number of hydrogen-bond donors (Lipinski definition) is 0. The molecule has 0 spiro atoms. The van der Waals surface area contributed by atoms with Crippen molar-refractivity contribution in [3.63, 3.8) is 0 Å². The largest absolute Gasteiger partial charge is 0.272 e. The van der Waals surface area contributed by atoms with E-state index in [1.807, 2.05) is 25.1 Å². The Hall–Kier alpha value is -2.27. The molecule has 0 fully saturated rings. The summed E-state index contributed by atoms with van der Waals surface area (Å²) in [6, 6.07) is 7.37. The summed E-state index contributed by atoms with van der Waals surface area (Å²) in [4.78, 5) is 4.30. The number of aromatic nitrogens is 4. The molecule has 0 aliphatic heterocycles. The fourth-order valence-corrected chi connectivity index (χ4v) is 2.68. The van der Waals surface area contributed by atoms with E-state index in [-0.39, 0.29) is 5.83 Å². The number of aryl methyl sites for hydroxylation is 1. The zero-order valence-corrected chi connectivity index (χ0v) is 13.2. The molecule has 22 heavy (non-hydrogen) atoms. The second-order valence-electron chi connectivity index (χ2n) is 4.92. The summed E-state index contributed by atoms with van der Waals surface area (Å²) in [5.41, 5.74) is 1.95. The van der Waals surface area contributed by atoms with Crippen LogP contribution >= 0.6 is 11.6 Å². The van der Waals surface area contributed by atoms with Crippen LogP contribution in [0.2, 0.25) is 5.02 Å². The third-order valence-corrected chi connectivity index (χ3v) is 3.79. The third kappa shape index (κ3) is 2.18. The first-order valence-corrected chi connectivity index (χ1v) is 7.21. The summed E-state index contributed by atoms with van der Waals surface area (Å²) >= 11 is 6.27. The van der Waals surface area contributed by atoms with E-state index in [1.165, 1.54) is 6.92 Å². The van der Waals surface area contributed by atoms with E-state index in [1.54, 1.807) is 23.5 Å². The molecular weight excluding hydrogens is 303 g/mol. The molecule has 0 N–H and O–H groups in total. The van der Waals surface area contributed by atoms with Gasteiger partial charge in [-0.25, -0.2) is 9.37 Å². The van der Waals surface area contributed by atoms with E-state index >= 15 is 0 Å². The van der Waals surface area contributed by atoms with Gasteiger partial charge in [0.25, 0.3) is 0 Å². The third-order valence-electron chi connectivity index (χ3n) is 3.46. The van der Waals surface area contributed by atoms with Crippen LogP contribution in [-0.4, -0.2) is 19.6 Å². The second kappa shape index (κ2) is 5.50. The highest BCUT2D eigenvalue weighted by molar-refractivity contribution is 6.33. The molecule has 2 heterocycles. The number of fused-ring (bicyclic) bond motifs is 1. The Labute approximate surface area is 131 Å². The highest BCUT2D eigenvalue weighted by Crippen LogP contribution is 2.25. The predicted octanol–water partition coefficient (Wildman–Crippen LogP) is 2.65. The average molecular weight is 317 g/mol. The topological polar surface area (TPSA) is 43.1 Å². The lowest BCUT2D eigenvalue weighted by molar-refractivity contribution is 0.730. The average Bonchev–Trinajstić information content (AvgIpc) is 2.93. The quantitative estimate of drug-likeness (QED) is 0.693. The number of hydrogen-bond acceptors (Lipinski definition) is 3. The summed E-state index contributed by atoms with van der Waals surface area (Å²) < 4.78 is 15.7. The number of benzene rings is 1. The SMILES string of the molecule is CC=c1c(=C(C)F)nc(C)c2nnc(-c3ccccc3Cl)n12. The summed E-state index contributed by atoms with van der Waals surface area (Å²) in [5.74, 6) is 0.221. The van der Waals surface area contributed by atoms with Crippen LogP contribution < -0.4 is 10.7 Å². The van der Waals surface area contributed by atoms with Crippen molar-refractivity contribution in [2.45, 2.75) is 20.8 Å². The van der Waals surface area contributed by atoms with Crippen LogP contribution in [0.5, 0.6) is 0 Å². The Kier molecular flexibility index (Phi) is 3.66. The molecule has 0 radical (unpaired) electrons. The minimum atomic E-state index is -0.350. The van der Waals surface area contributed by atoms with Gasteiger partial charge in [-0.05, 0) is 32.9 Å². The number of nitrogens with zero attached hydrogens (tertiary/aromatic N) is 4. The van der Waals surface area contributed by atoms with Crippen LogP contribution in [-0.2, 0) is 0 Å².